The minimum Gasteiger partial charge on any atom is -0.368 e. The normalized spacial score (nSPS) is 16.5. The number of halogens is 1. The SMILES string of the molecule is CC(CNc1cc(Cl)nc(N)n1)N1CCc2sccc2C1. The van der Waals surface area contributed by atoms with E-state index in [0.29, 0.717) is 17.0 Å². The first-order chi connectivity index (χ1) is 10.1. The predicted octanol–water partition coefficient (Wildman–Crippen LogP) is 2.63. The van der Waals surface area contributed by atoms with Crippen molar-refractivity contribution in [1.82, 2.24) is 14.9 Å². The molecular weight excluding hydrogens is 306 g/mol. The zero-order valence-corrected chi connectivity index (χ0v) is 13.4. The molecule has 3 heterocycles. The molecule has 1 unspecified atom stereocenters. The van der Waals surface area contributed by atoms with Crippen molar-refractivity contribution in [1.29, 1.82) is 0 Å². The van der Waals surface area contributed by atoms with E-state index < -0.39 is 0 Å². The second-order valence-electron chi connectivity index (χ2n) is 5.25. The minimum absolute atomic E-state index is 0.193. The third-order valence-corrected chi connectivity index (χ3v) is 4.97. The summed E-state index contributed by atoms with van der Waals surface area (Å²) in [6.45, 7) is 5.14. The van der Waals surface area contributed by atoms with E-state index in [1.165, 1.54) is 10.4 Å². The van der Waals surface area contributed by atoms with Gasteiger partial charge in [0.05, 0.1) is 0 Å². The van der Waals surface area contributed by atoms with E-state index in [9.17, 15) is 0 Å². The molecule has 1 aliphatic rings. The standard InChI is InChI=1S/C14H18ClN5S/c1-9(7-17-13-6-12(15)18-14(16)19-13)20-4-2-11-10(8-20)3-5-21-11/h3,5-6,9H,2,4,7-8H2,1H3,(H3,16,17,18,19). The van der Waals surface area contributed by atoms with Gasteiger partial charge in [0.1, 0.15) is 11.0 Å². The van der Waals surface area contributed by atoms with Crippen molar-refractivity contribution in [2.24, 2.45) is 0 Å². The molecule has 2 aromatic heterocycles. The first kappa shape index (κ1) is 14.6. The molecular formula is C14H18ClN5S. The Labute approximate surface area is 133 Å². The molecule has 5 nitrogen and oxygen atoms in total. The maximum Gasteiger partial charge on any atom is 0.223 e. The summed E-state index contributed by atoms with van der Waals surface area (Å²) in [6.07, 6.45) is 1.14. The van der Waals surface area contributed by atoms with Gasteiger partial charge in [0.25, 0.3) is 0 Å². The summed E-state index contributed by atoms with van der Waals surface area (Å²) in [5.74, 6) is 0.867. The Morgan fingerprint density at radius 1 is 1.52 bits per heavy atom. The Morgan fingerprint density at radius 3 is 3.19 bits per heavy atom. The maximum absolute atomic E-state index is 5.88. The fourth-order valence-corrected chi connectivity index (χ4v) is 3.63. The van der Waals surface area contributed by atoms with Gasteiger partial charge < -0.3 is 11.1 Å². The Hall–Kier alpha value is -1.37. The van der Waals surface area contributed by atoms with Crippen molar-refractivity contribution in [2.75, 3.05) is 24.1 Å². The van der Waals surface area contributed by atoms with Gasteiger partial charge in [-0.1, -0.05) is 11.6 Å². The number of thiophene rings is 1. The molecule has 3 N–H and O–H groups in total. The Morgan fingerprint density at radius 2 is 2.38 bits per heavy atom. The topological polar surface area (TPSA) is 67.1 Å². The third-order valence-electron chi connectivity index (χ3n) is 3.75. The summed E-state index contributed by atoms with van der Waals surface area (Å²) in [5.41, 5.74) is 7.06. The molecule has 0 aromatic carbocycles. The van der Waals surface area contributed by atoms with Gasteiger partial charge in [-0.05, 0) is 30.4 Å². The van der Waals surface area contributed by atoms with Crippen LogP contribution in [0.15, 0.2) is 17.5 Å². The highest BCUT2D eigenvalue weighted by Gasteiger charge is 2.21. The van der Waals surface area contributed by atoms with Gasteiger partial charge in [0, 0.05) is 36.6 Å². The number of nitrogens with zero attached hydrogens (tertiary/aromatic N) is 3. The van der Waals surface area contributed by atoms with E-state index in [-0.39, 0.29) is 5.95 Å². The van der Waals surface area contributed by atoms with Crippen molar-refractivity contribution < 1.29 is 0 Å². The Bertz CT molecular complexity index is 609. The molecule has 112 valence electrons. The molecule has 0 saturated carbocycles. The predicted molar refractivity (Wildman–Crippen MR) is 87.8 cm³/mol. The van der Waals surface area contributed by atoms with Crippen LogP contribution in [0.3, 0.4) is 0 Å². The summed E-state index contributed by atoms with van der Waals surface area (Å²) in [7, 11) is 0. The lowest BCUT2D eigenvalue weighted by atomic mass is 10.1. The molecule has 0 spiro atoms. The van der Waals surface area contributed by atoms with Crippen LogP contribution in [0.1, 0.15) is 17.4 Å². The van der Waals surface area contributed by atoms with E-state index in [1.54, 1.807) is 6.07 Å². The fraction of sp³-hybridized carbons (Fsp3) is 0.429. The number of nitrogen functional groups attached to an aromatic ring is 1. The van der Waals surface area contributed by atoms with Crippen molar-refractivity contribution in [3.8, 4) is 0 Å². The van der Waals surface area contributed by atoms with E-state index in [1.807, 2.05) is 11.3 Å². The molecule has 0 fully saturated rings. The molecule has 0 radical (unpaired) electrons. The van der Waals surface area contributed by atoms with Gasteiger partial charge in [-0.2, -0.15) is 4.98 Å². The lowest BCUT2D eigenvalue weighted by Gasteiger charge is -2.32. The zero-order valence-electron chi connectivity index (χ0n) is 11.8. The Kier molecular flexibility index (Phi) is 4.28. The summed E-state index contributed by atoms with van der Waals surface area (Å²) in [4.78, 5) is 12.0. The number of nitrogens with one attached hydrogen (secondary N) is 1. The van der Waals surface area contributed by atoms with Gasteiger partial charge in [-0.3, -0.25) is 4.90 Å². The van der Waals surface area contributed by atoms with Crippen LogP contribution in [0, 0.1) is 0 Å². The van der Waals surface area contributed by atoms with Crippen LogP contribution in [0.4, 0.5) is 11.8 Å². The van der Waals surface area contributed by atoms with Gasteiger partial charge in [0.2, 0.25) is 5.95 Å². The van der Waals surface area contributed by atoms with Crippen molar-refractivity contribution in [2.45, 2.75) is 25.9 Å². The summed E-state index contributed by atoms with van der Waals surface area (Å²) >= 11 is 7.74. The minimum atomic E-state index is 0.193. The highest BCUT2D eigenvalue weighted by atomic mass is 35.5. The number of rotatable bonds is 4. The van der Waals surface area contributed by atoms with Gasteiger partial charge in [-0.15, -0.1) is 11.3 Å². The van der Waals surface area contributed by atoms with E-state index in [2.05, 4.69) is 38.6 Å². The van der Waals surface area contributed by atoms with E-state index in [0.717, 1.165) is 26.1 Å². The summed E-state index contributed by atoms with van der Waals surface area (Å²) in [5, 5.41) is 5.83. The molecule has 0 bridgehead atoms. The van der Waals surface area contributed by atoms with Gasteiger partial charge >= 0.3 is 0 Å². The molecule has 0 aliphatic carbocycles. The van der Waals surface area contributed by atoms with Crippen LogP contribution in [-0.2, 0) is 13.0 Å². The van der Waals surface area contributed by atoms with Crippen molar-refractivity contribution in [3.05, 3.63) is 33.1 Å². The summed E-state index contributed by atoms with van der Waals surface area (Å²) < 4.78 is 0. The number of hydrogen-bond donors (Lipinski definition) is 2. The molecule has 7 heteroatoms. The van der Waals surface area contributed by atoms with Crippen LogP contribution >= 0.6 is 22.9 Å². The lowest BCUT2D eigenvalue weighted by molar-refractivity contribution is 0.200. The molecule has 3 rings (SSSR count). The Balaban J connectivity index is 1.58. The van der Waals surface area contributed by atoms with Crippen molar-refractivity contribution >= 4 is 34.7 Å². The molecule has 0 saturated heterocycles. The van der Waals surface area contributed by atoms with Gasteiger partial charge in [0.15, 0.2) is 0 Å². The number of anilines is 2. The second kappa shape index (κ2) is 6.17. The van der Waals surface area contributed by atoms with Crippen LogP contribution in [-0.4, -0.2) is 34.0 Å². The molecule has 2 aromatic rings. The molecule has 21 heavy (non-hydrogen) atoms. The van der Waals surface area contributed by atoms with E-state index >= 15 is 0 Å². The first-order valence-electron chi connectivity index (χ1n) is 6.95. The van der Waals surface area contributed by atoms with Crippen LogP contribution in [0.25, 0.3) is 0 Å². The molecule has 1 atom stereocenters. The monoisotopic (exact) mass is 323 g/mol. The van der Waals surface area contributed by atoms with E-state index in [4.69, 9.17) is 17.3 Å². The first-order valence-corrected chi connectivity index (χ1v) is 8.21. The lowest BCUT2D eigenvalue weighted by Crippen LogP contribution is -2.40. The second-order valence-corrected chi connectivity index (χ2v) is 6.64. The quantitative estimate of drug-likeness (QED) is 0.847. The van der Waals surface area contributed by atoms with Crippen LogP contribution < -0.4 is 11.1 Å². The average molecular weight is 324 g/mol. The number of fused-ring (bicyclic) bond motifs is 1. The fourth-order valence-electron chi connectivity index (χ4n) is 2.55. The average Bonchev–Trinajstić information content (AvgIpc) is 2.91. The largest absolute Gasteiger partial charge is 0.368 e. The summed E-state index contributed by atoms with van der Waals surface area (Å²) in [6, 6.07) is 4.34. The van der Waals surface area contributed by atoms with Crippen LogP contribution in [0.2, 0.25) is 5.15 Å². The number of hydrogen-bond acceptors (Lipinski definition) is 6. The zero-order chi connectivity index (χ0) is 14.8. The van der Waals surface area contributed by atoms with Gasteiger partial charge in [-0.25, -0.2) is 4.98 Å². The highest BCUT2D eigenvalue weighted by molar-refractivity contribution is 7.10. The highest BCUT2D eigenvalue weighted by Crippen LogP contribution is 2.25. The number of aromatic nitrogens is 2. The number of nitrogens with two attached hydrogens (primary N) is 1. The third kappa shape index (κ3) is 3.45. The maximum atomic E-state index is 5.88. The van der Waals surface area contributed by atoms with Crippen LogP contribution in [0.5, 0.6) is 0 Å². The molecule has 1 aliphatic heterocycles. The smallest absolute Gasteiger partial charge is 0.223 e. The van der Waals surface area contributed by atoms with Crippen molar-refractivity contribution in [3.63, 3.8) is 0 Å². The molecule has 0 amide bonds.